The van der Waals surface area contributed by atoms with Crippen molar-refractivity contribution in [3.8, 4) is 0 Å². The molecule has 0 fully saturated rings. The molecular weight excluding hydrogens is 610 g/mol. The second kappa shape index (κ2) is 38.1. The zero-order valence-corrected chi connectivity index (χ0v) is 33.4. The molecule has 0 aliphatic rings. The number of carbonyl (C=O) groups is 2. The lowest BCUT2D eigenvalue weighted by Gasteiger charge is -2.21. The minimum atomic E-state index is -0.0389. The van der Waals surface area contributed by atoms with Gasteiger partial charge in [0.05, 0.1) is 13.2 Å². The molecule has 1 N–H and O–H groups in total. The van der Waals surface area contributed by atoms with Crippen molar-refractivity contribution in [3.63, 3.8) is 0 Å². The van der Waals surface area contributed by atoms with Crippen LogP contribution in [0.1, 0.15) is 220 Å². The minimum Gasteiger partial charge on any atom is -0.466 e. The normalized spacial score (nSPS) is 12.2. The fourth-order valence-electron chi connectivity index (χ4n) is 6.70. The van der Waals surface area contributed by atoms with Crippen molar-refractivity contribution in [1.82, 2.24) is 4.90 Å². The molecule has 0 aromatic rings. The average molecular weight is 696 g/mol. The van der Waals surface area contributed by atoms with Gasteiger partial charge >= 0.3 is 11.9 Å². The molecule has 0 spiro atoms. The molecule has 0 aliphatic carbocycles. The summed E-state index contributed by atoms with van der Waals surface area (Å²) in [4.78, 5) is 27.1. The molecule has 0 saturated heterocycles. The van der Waals surface area contributed by atoms with Gasteiger partial charge in [0.1, 0.15) is 6.10 Å². The minimum absolute atomic E-state index is 0.0128. The predicted molar refractivity (Wildman–Crippen MR) is 209 cm³/mol. The Labute approximate surface area is 305 Å². The average Bonchev–Trinajstić information content (AvgIpc) is 3.09. The molecule has 0 aromatic heterocycles. The summed E-state index contributed by atoms with van der Waals surface area (Å²) in [5.41, 5.74) is 0. The third kappa shape index (κ3) is 35.1. The molecule has 292 valence electrons. The largest absolute Gasteiger partial charge is 0.466 e. The summed E-state index contributed by atoms with van der Waals surface area (Å²) in [5, 5.41) is 9.53. The van der Waals surface area contributed by atoms with Crippen LogP contribution in [0.2, 0.25) is 0 Å². The molecule has 1 unspecified atom stereocenters. The van der Waals surface area contributed by atoms with Crippen molar-refractivity contribution in [2.45, 2.75) is 226 Å². The summed E-state index contributed by atoms with van der Waals surface area (Å²) in [6.07, 6.45) is 34.3. The van der Waals surface area contributed by atoms with Gasteiger partial charge in [-0.1, -0.05) is 150 Å². The molecule has 0 heterocycles. The quantitative estimate of drug-likeness (QED) is 0.0509. The monoisotopic (exact) mass is 696 g/mol. The first-order chi connectivity index (χ1) is 24.0. The van der Waals surface area contributed by atoms with Crippen LogP contribution in [0, 0.1) is 5.92 Å². The Bertz CT molecular complexity index is 686. The lowest BCUT2D eigenvalue weighted by Crippen LogP contribution is -2.29. The number of carbonyl (C=O) groups excluding carboxylic acids is 2. The van der Waals surface area contributed by atoms with E-state index < -0.39 is 0 Å². The zero-order chi connectivity index (χ0) is 36.0. The van der Waals surface area contributed by atoms with Gasteiger partial charge in [0, 0.05) is 19.4 Å². The fraction of sp³-hybridized carbons (Fsp3) is 0.953. The number of hydrogen-bond donors (Lipinski definition) is 1. The van der Waals surface area contributed by atoms with Crippen molar-refractivity contribution in [2.75, 3.05) is 32.8 Å². The van der Waals surface area contributed by atoms with Crippen LogP contribution in [0.4, 0.5) is 0 Å². The summed E-state index contributed by atoms with van der Waals surface area (Å²) in [6.45, 7) is 12.6. The van der Waals surface area contributed by atoms with Crippen molar-refractivity contribution in [3.05, 3.63) is 0 Å². The summed E-state index contributed by atoms with van der Waals surface area (Å²) in [5.74, 6) is 0.611. The molecule has 0 saturated carbocycles. The molecule has 0 radical (unpaired) electrons. The highest BCUT2D eigenvalue weighted by Crippen LogP contribution is 2.19. The summed E-state index contributed by atoms with van der Waals surface area (Å²) in [7, 11) is 0. The van der Waals surface area contributed by atoms with Gasteiger partial charge in [-0.25, -0.2) is 0 Å². The van der Waals surface area contributed by atoms with Crippen LogP contribution in [-0.4, -0.2) is 60.9 Å². The highest BCUT2D eigenvalue weighted by atomic mass is 16.5. The van der Waals surface area contributed by atoms with Crippen LogP contribution in [0.15, 0.2) is 0 Å². The summed E-state index contributed by atoms with van der Waals surface area (Å²) in [6, 6.07) is 0. The Morgan fingerprint density at radius 1 is 0.510 bits per heavy atom. The Hall–Kier alpha value is -1.14. The highest BCUT2D eigenvalue weighted by Gasteiger charge is 2.14. The van der Waals surface area contributed by atoms with Crippen LogP contribution >= 0.6 is 0 Å². The van der Waals surface area contributed by atoms with Crippen molar-refractivity contribution >= 4 is 11.9 Å². The first-order valence-electron chi connectivity index (χ1n) is 21.6. The van der Waals surface area contributed by atoms with E-state index in [-0.39, 0.29) is 24.6 Å². The van der Waals surface area contributed by atoms with Crippen LogP contribution in [0.25, 0.3) is 0 Å². The predicted octanol–water partition coefficient (Wildman–Crippen LogP) is 12.1. The van der Waals surface area contributed by atoms with E-state index in [1.165, 1.54) is 109 Å². The van der Waals surface area contributed by atoms with Gasteiger partial charge < -0.3 is 19.5 Å². The van der Waals surface area contributed by atoms with E-state index in [9.17, 15) is 14.7 Å². The third-order valence-electron chi connectivity index (χ3n) is 10.1. The molecular formula is C43H85NO5. The molecule has 1 atom stereocenters. The van der Waals surface area contributed by atoms with E-state index in [1.807, 2.05) is 0 Å². The van der Waals surface area contributed by atoms with Crippen molar-refractivity contribution in [2.24, 2.45) is 5.92 Å². The maximum Gasteiger partial charge on any atom is 0.306 e. The molecule has 0 aliphatic heterocycles. The van der Waals surface area contributed by atoms with Gasteiger partial charge in [0.2, 0.25) is 0 Å². The van der Waals surface area contributed by atoms with E-state index in [0.29, 0.717) is 25.4 Å². The van der Waals surface area contributed by atoms with Crippen molar-refractivity contribution in [1.29, 1.82) is 0 Å². The first kappa shape index (κ1) is 47.9. The Kier molecular flexibility index (Phi) is 37.2. The van der Waals surface area contributed by atoms with Gasteiger partial charge in [0.15, 0.2) is 0 Å². The van der Waals surface area contributed by atoms with Gasteiger partial charge in [-0.15, -0.1) is 0 Å². The number of aliphatic hydroxyl groups excluding tert-OH is 1. The maximum absolute atomic E-state index is 12.7. The number of unbranched alkanes of at least 4 members (excludes halogenated alkanes) is 19. The van der Waals surface area contributed by atoms with Gasteiger partial charge in [0.25, 0.3) is 0 Å². The van der Waals surface area contributed by atoms with E-state index in [1.54, 1.807) is 0 Å². The number of rotatable bonds is 39. The number of ether oxygens (including phenoxy) is 2. The van der Waals surface area contributed by atoms with Crippen LogP contribution in [-0.2, 0) is 19.1 Å². The number of esters is 2. The Balaban J connectivity index is 3.99. The number of nitrogens with zero attached hydrogens (tertiary/aromatic N) is 1. The fourth-order valence-corrected chi connectivity index (χ4v) is 6.70. The Morgan fingerprint density at radius 2 is 0.959 bits per heavy atom. The highest BCUT2D eigenvalue weighted by molar-refractivity contribution is 5.69. The zero-order valence-electron chi connectivity index (χ0n) is 33.4. The van der Waals surface area contributed by atoms with Crippen LogP contribution in [0.5, 0.6) is 0 Å². The second-order valence-electron chi connectivity index (χ2n) is 15.1. The topological polar surface area (TPSA) is 76.1 Å². The van der Waals surface area contributed by atoms with E-state index >= 15 is 0 Å². The van der Waals surface area contributed by atoms with E-state index in [0.717, 1.165) is 90.3 Å². The van der Waals surface area contributed by atoms with E-state index in [2.05, 4.69) is 32.6 Å². The molecule has 0 bridgehead atoms. The Morgan fingerprint density at radius 3 is 1.47 bits per heavy atom. The smallest absolute Gasteiger partial charge is 0.306 e. The van der Waals surface area contributed by atoms with Crippen LogP contribution < -0.4 is 0 Å². The maximum atomic E-state index is 12.7. The molecule has 0 amide bonds. The van der Waals surface area contributed by atoms with Gasteiger partial charge in [-0.05, 0) is 76.8 Å². The molecule has 0 aromatic carbocycles. The van der Waals surface area contributed by atoms with Crippen molar-refractivity contribution < 1.29 is 24.2 Å². The standard InChI is InChI=1S/C43H85NO5/c1-5-8-11-13-17-23-30-41(31-24-18-14-12-9-6-2)49-43(47)33-26-20-16-22-28-36-44(37-38-45)35-27-21-15-19-25-32-42(46)48-39-34-40(4)29-10-7-3/h40-41,45H,5-39H2,1-4H3. The number of aliphatic hydroxyl groups is 1. The third-order valence-corrected chi connectivity index (χ3v) is 10.1. The number of hydrogen-bond acceptors (Lipinski definition) is 6. The summed E-state index contributed by atoms with van der Waals surface area (Å²) >= 11 is 0. The molecule has 6 heteroatoms. The van der Waals surface area contributed by atoms with Crippen LogP contribution in [0.3, 0.4) is 0 Å². The van der Waals surface area contributed by atoms with Gasteiger partial charge in [-0.2, -0.15) is 0 Å². The lowest BCUT2D eigenvalue weighted by molar-refractivity contribution is -0.150. The lowest BCUT2D eigenvalue weighted by atomic mass is 10.0. The molecule has 0 rings (SSSR count). The molecule has 49 heavy (non-hydrogen) atoms. The van der Waals surface area contributed by atoms with E-state index in [4.69, 9.17) is 9.47 Å². The SMILES string of the molecule is CCCCCCCCC(CCCCCCCC)OC(=O)CCCCCCCN(CCO)CCCCCCCC(=O)OCCC(C)CCCC. The first-order valence-corrected chi connectivity index (χ1v) is 21.6. The second-order valence-corrected chi connectivity index (χ2v) is 15.1. The molecule has 6 nitrogen and oxygen atoms in total. The summed E-state index contributed by atoms with van der Waals surface area (Å²) < 4.78 is 11.4. The van der Waals surface area contributed by atoms with Gasteiger partial charge in [-0.3, -0.25) is 9.59 Å².